The van der Waals surface area contributed by atoms with Gasteiger partial charge in [0.2, 0.25) is 11.7 Å². The third kappa shape index (κ3) is 4.28. The van der Waals surface area contributed by atoms with Crippen LogP contribution in [0.3, 0.4) is 0 Å². The van der Waals surface area contributed by atoms with Crippen LogP contribution in [0.15, 0.2) is 42.2 Å². The van der Waals surface area contributed by atoms with Crippen LogP contribution in [-0.4, -0.2) is 29.7 Å². The highest BCUT2D eigenvalue weighted by atomic mass is 32.1. The molecule has 20 heavy (non-hydrogen) atoms. The summed E-state index contributed by atoms with van der Waals surface area (Å²) in [6.07, 6.45) is 2.61. The van der Waals surface area contributed by atoms with Crippen LogP contribution in [0.25, 0.3) is 0 Å². The van der Waals surface area contributed by atoms with Gasteiger partial charge in [-0.25, -0.2) is 0 Å². The predicted octanol–water partition coefficient (Wildman–Crippen LogP) is 1.59. The summed E-state index contributed by atoms with van der Waals surface area (Å²) in [5.74, 6) is 0.281. The van der Waals surface area contributed by atoms with Crippen LogP contribution in [-0.2, 0) is 20.7 Å². The Balaban J connectivity index is 1.74. The van der Waals surface area contributed by atoms with E-state index in [1.807, 2.05) is 30.3 Å². The molecule has 1 aliphatic rings. The molecule has 1 amide bonds. The number of rotatable bonds is 5. The molecule has 104 valence electrons. The van der Waals surface area contributed by atoms with E-state index < -0.39 is 0 Å². The van der Waals surface area contributed by atoms with Gasteiger partial charge in [-0.1, -0.05) is 42.5 Å². The molecule has 1 N–H and O–H groups in total. The van der Waals surface area contributed by atoms with Gasteiger partial charge in [-0.3, -0.25) is 9.59 Å². The van der Waals surface area contributed by atoms with E-state index in [1.54, 1.807) is 0 Å². The van der Waals surface area contributed by atoms with Gasteiger partial charge in [0.05, 0.1) is 11.4 Å². The molecule has 1 heterocycles. The smallest absolute Gasteiger partial charge is 0.220 e. The third-order valence-electron chi connectivity index (χ3n) is 2.90. The van der Waals surface area contributed by atoms with E-state index in [0.29, 0.717) is 18.6 Å². The second-order valence-electron chi connectivity index (χ2n) is 4.45. The van der Waals surface area contributed by atoms with E-state index in [-0.39, 0.29) is 29.7 Å². The summed E-state index contributed by atoms with van der Waals surface area (Å²) >= 11 is 4.88. The second kappa shape index (κ2) is 6.96. The molecule has 1 aromatic carbocycles. The first-order chi connectivity index (χ1) is 9.65. The number of aryl methyl sites for hydroxylation is 1. The van der Waals surface area contributed by atoms with E-state index in [4.69, 9.17) is 17.0 Å². The minimum Gasteiger partial charge on any atom is -0.488 e. The largest absolute Gasteiger partial charge is 0.488 e. The number of ether oxygens (including phenoxy) is 1. The second-order valence-corrected chi connectivity index (χ2v) is 4.89. The average Bonchev–Trinajstić information content (AvgIpc) is 2.47. The van der Waals surface area contributed by atoms with Crippen molar-refractivity contribution < 1.29 is 14.3 Å². The molecule has 1 aromatic rings. The number of Topliss-reactive ketones (excluding diaryl/α,β-unsaturated/α-hetero) is 1. The zero-order valence-corrected chi connectivity index (χ0v) is 11.7. The summed E-state index contributed by atoms with van der Waals surface area (Å²) < 4.78 is 5.18. The Kier molecular flexibility index (Phi) is 5.01. The zero-order chi connectivity index (χ0) is 14.4. The number of nitrogens with one attached hydrogen (secondary N) is 1. The van der Waals surface area contributed by atoms with Crippen LogP contribution in [0.1, 0.15) is 12.0 Å². The molecule has 0 spiro atoms. The zero-order valence-electron chi connectivity index (χ0n) is 10.9. The first-order valence-corrected chi connectivity index (χ1v) is 6.77. The van der Waals surface area contributed by atoms with E-state index >= 15 is 0 Å². The highest BCUT2D eigenvalue weighted by Crippen LogP contribution is 2.06. The number of thiocarbonyl (C=S) groups is 1. The van der Waals surface area contributed by atoms with Crippen molar-refractivity contribution in [3.63, 3.8) is 0 Å². The van der Waals surface area contributed by atoms with Gasteiger partial charge in [-0.15, -0.1) is 0 Å². The first kappa shape index (κ1) is 14.4. The lowest BCUT2D eigenvalue weighted by Crippen LogP contribution is -2.30. The van der Waals surface area contributed by atoms with Crippen LogP contribution in [0.4, 0.5) is 0 Å². The van der Waals surface area contributed by atoms with Gasteiger partial charge in [0.25, 0.3) is 0 Å². The van der Waals surface area contributed by atoms with Crippen molar-refractivity contribution in [1.82, 2.24) is 5.32 Å². The molecule has 0 aromatic heterocycles. The topological polar surface area (TPSA) is 55.4 Å². The van der Waals surface area contributed by atoms with Gasteiger partial charge >= 0.3 is 0 Å². The molecule has 0 saturated carbocycles. The molecule has 5 heteroatoms. The van der Waals surface area contributed by atoms with E-state index in [9.17, 15) is 9.59 Å². The van der Waals surface area contributed by atoms with Crippen molar-refractivity contribution in [3.8, 4) is 0 Å². The summed E-state index contributed by atoms with van der Waals surface area (Å²) in [4.78, 5) is 23.1. The summed E-state index contributed by atoms with van der Waals surface area (Å²) in [6, 6.07) is 9.83. The summed E-state index contributed by atoms with van der Waals surface area (Å²) in [5.41, 5.74) is 1.13. The summed E-state index contributed by atoms with van der Waals surface area (Å²) in [7, 11) is 0. The van der Waals surface area contributed by atoms with Gasteiger partial charge in [0.15, 0.2) is 6.61 Å². The Morgan fingerprint density at radius 2 is 2.05 bits per heavy atom. The number of allylic oxidation sites excluding steroid dienone is 1. The first-order valence-electron chi connectivity index (χ1n) is 6.36. The highest BCUT2D eigenvalue weighted by molar-refractivity contribution is 7.82. The lowest BCUT2D eigenvalue weighted by Gasteiger charge is -2.15. The van der Waals surface area contributed by atoms with Crippen molar-refractivity contribution in [2.75, 3.05) is 13.2 Å². The molecule has 0 radical (unpaired) electrons. The fourth-order valence-corrected chi connectivity index (χ4v) is 1.97. The fourth-order valence-electron chi connectivity index (χ4n) is 1.78. The van der Waals surface area contributed by atoms with Gasteiger partial charge in [-0.05, 0) is 18.1 Å². The lowest BCUT2D eigenvalue weighted by atomic mass is 10.1. The Hall–Kier alpha value is -2.01. The van der Waals surface area contributed by atoms with Crippen LogP contribution in [0.5, 0.6) is 0 Å². The Labute approximate surface area is 122 Å². The Morgan fingerprint density at radius 1 is 1.30 bits per heavy atom. The lowest BCUT2D eigenvalue weighted by molar-refractivity contribution is -0.121. The van der Waals surface area contributed by atoms with Crippen LogP contribution < -0.4 is 5.32 Å². The van der Waals surface area contributed by atoms with Crippen molar-refractivity contribution in [1.29, 1.82) is 0 Å². The minimum absolute atomic E-state index is 0.0372. The molecule has 4 nitrogen and oxygen atoms in total. The molecule has 2 rings (SSSR count). The molecule has 0 atom stereocenters. The van der Waals surface area contributed by atoms with Gasteiger partial charge in [0.1, 0.15) is 5.76 Å². The summed E-state index contributed by atoms with van der Waals surface area (Å²) in [6.45, 7) is 0.228. The number of carbonyl (C=O) groups is 2. The van der Waals surface area contributed by atoms with Crippen molar-refractivity contribution in [2.24, 2.45) is 0 Å². The molecule has 0 aliphatic carbocycles. The molecular formula is C15H15NO3S. The average molecular weight is 289 g/mol. The molecule has 0 saturated heterocycles. The number of carbonyl (C=O) groups excluding carboxylic acids is 2. The molecular weight excluding hydrogens is 274 g/mol. The maximum absolute atomic E-state index is 11.7. The van der Waals surface area contributed by atoms with Crippen molar-refractivity contribution >= 4 is 28.8 Å². The summed E-state index contributed by atoms with van der Waals surface area (Å²) in [5, 5.41) is 2.75. The number of ketones is 1. The van der Waals surface area contributed by atoms with E-state index in [0.717, 1.165) is 5.56 Å². The number of benzene rings is 1. The highest BCUT2D eigenvalue weighted by Gasteiger charge is 2.16. The van der Waals surface area contributed by atoms with Crippen LogP contribution >= 0.6 is 12.2 Å². The number of hydrogen-bond donors (Lipinski definition) is 1. The molecule has 0 unspecified atom stereocenters. The van der Waals surface area contributed by atoms with Crippen molar-refractivity contribution in [2.45, 2.75) is 12.8 Å². The quantitative estimate of drug-likeness (QED) is 0.836. The van der Waals surface area contributed by atoms with Gasteiger partial charge < -0.3 is 10.1 Å². The monoisotopic (exact) mass is 289 g/mol. The SMILES string of the molecule is O=C(CCc1ccccc1)NCC1=CC(=S)C(=O)CO1. The van der Waals surface area contributed by atoms with Crippen LogP contribution in [0, 0.1) is 0 Å². The molecule has 1 aliphatic heterocycles. The fraction of sp³-hybridized carbons (Fsp3) is 0.267. The third-order valence-corrected chi connectivity index (χ3v) is 3.24. The number of amides is 1. The van der Waals surface area contributed by atoms with E-state index in [1.165, 1.54) is 6.08 Å². The molecule has 0 bridgehead atoms. The predicted molar refractivity (Wildman–Crippen MR) is 79.4 cm³/mol. The standard InChI is InChI=1S/C15H15NO3S/c17-13-10-19-12(8-14(13)20)9-16-15(18)7-6-11-4-2-1-3-5-11/h1-5,8H,6-7,9-10H2,(H,16,18). The van der Waals surface area contributed by atoms with Gasteiger partial charge in [0, 0.05) is 6.42 Å². The maximum Gasteiger partial charge on any atom is 0.220 e. The van der Waals surface area contributed by atoms with Crippen molar-refractivity contribution in [3.05, 3.63) is 47.7 Å². The molecule has 0 fully saturated rings. The van der Waals surface area contributed by atoms with E-state index in [2.05, 4.69) is 5.32 Å². The van der Waals surface area contributed by atoms with Gasteiger partial charge in [-0.2, -0.15) is 0 Å². The number of hydrogen-bond acceptors (Lipinski definition) is 4. The van der Waals surface area contributed by atoms with Crippen LogP contribution in [0.2, 0.25) is 0 Å². The minimum atomic E-state index is -0.195. The Bertz CT molecular complexity index is 551. The Morgan fingerprint density at radius 3 is 2.75 bits per heavy atom. The maximum atomic E-state index is 11.7. The normalized spacial score (nSPS) is 14.5.